The summed E-state index contributed by atoms with van der Waals surface area (Å²) in [7, 11) is 2.01. The Labute approximate surface area is 211 Å². The molecule has 0 bridgehead atoms. The standard InChI is InChI=1S/C30H43N3O2/c1-7-33(29(34)22-10-9-11-24(16-22)35-8-2)23-13-12-21-17-26(32-27(21)18-23)20(3)25-14-15-30(4,5)19-28(25)31-6/h12-13,17-18,22,24,31-32H,3,7-11,14-16,19H2,1-2,4-6H3. The van der Waals surface area contributed by atoms with E-state index in [1.54, 1.807) is 0 Å². The molecule has 2 aromatic rings. The minimum atomic E-state index is 0.0392. The monoisotopic (exact) mass is 477 g/mol. The average molecular weight is 478 g/mol. The van der Waals surface area contributed by atoms with E-state index in [1.165, 1.54) is 11.3 Å². The van der Waals surface area contributed by atoms with E-state index in [1.807, 2.05) is 18.9 Å². The molecule has 5 heteroatoms. The molecule has 1 saturated carbocycles. The summed E-state index contributed by atoms with van der Waals surface area (Å²) in [6, 6.07) is 8.50. The molecule has 0 saturated heterocycles. The van der Waals surface area contributed by atoms with Crippen molar-refractivity contribution in [3.63, 3.8) is 0 Å². The van der Waals surface area contributed by atoms with Gasteiger partial charge in [-0.25, -0.2) is 0 Å². The van der Waals surface area contributed by atoms with Crippen molar-refractivity contribution in [2.45, 2.75) is 78.7 Å². The molecule has 0 spiro atoms. The molecular formula is C30H43N3O2. The molecule has 2 N–H and O–H groups in total. The minimum absolute atomic E-state index is 0.0392. The topological polar surface area (TPSA) is 57.4 Å². The van der Waals surface area contributed by atoms with Gasteiger partial charge in [-0.3, -0.25) is 4.79 Å². The van der Waals surface area contributed by atoms with E-state index in [-0.39, 0.29) is 17.9 Å². The predicted octanol–water partition coefficient (Wildman–Crippen LogP) is 6.81. The fourth-order valence-electron chi connectivity index (χ4n) is 5.91. The fraction of sp³-hybridized carbons (Fsp3) is 0.567. The molecule has 1 aromatic heterocycles. The van der Waals surface area contributed by atoms with Crippen LogP contribution >= 0.6 is 0 Å². The number of anilines is 1. The number of carbonyl (C=O) groups excluding carboxylic acids is 1. The van der Waals surface area contributed by atoms with Crippen LogP contribution in [0, 0.1) is 11.3 Å². The molecule has 1 fully saturated rings. The SMILES string of the molecule is C=C(C1=C(NC)CC(C)(C)CC1)c1cc2ccc(N(CC)C(=O)C3CCCC(OCC)C3)cc2[nH]1. The lowest BCUT2D eigenvalue weighted by Crippen LogP contribution is -2.39. The Hall–Kier alpha value is -2.53. The number of rotatable bonds is 8. The number of hydrogen-bond donors (Lipinski definition) is 2. The summed E-state index contributed by atoms with van der Waals surface area (Å²) in [5.41, 5.74) is 7.06. The summed E-state index contributed by atoms with van der Waals surface area (Å²) in [5.74, 6) is 0.262. The van der Waals surface area contributed by atoms with Crippen molar-refractivity contribution >= 4 is 28.1 Å². The zero-order valence-corrected chi connectivity index (χ0v) is 22.3. The van der Waals surface area contributed by atoms with Gasteiger partial charge < -0.3 is 19.9 Å². The number of fused-ring (bicyclic) bond motifs is 1. The highest BCUT2D eigenvalue weighted by molar-refractivity contribution is 5.98. The Bertz CT molecular complexity index is 1110. The largest absolute Gasteiger partial charge is 0.391 e. The van der Waals surface area contributed by atoms with Gasteiger partial charge in [0.15, 0.2) is 0 Å². The summed E-state index contributed by atoms with van der Waals surface area (Å²) in [6.07, 6.45) is 7.35. The predicted molar refractivity (Wildman–Crippen MR) is 146 cm³/mol. The first-order chi connectivity index (χ1) is 16.8. The van der Waals surface area contributed by atoms with E-state index in [4.69, 9.17) is 4.74 Å². The van der Waals surface area contributed by atoms with E-state index in [0.29, 0.717) is 18.6 Å². The quantitative estimate of drug-likeness (QED) is 0.439. The molecule has 0 aliphatic heterocycles. The number of ether oxygens (including phenoxy) is 1. The highest BCUT2D eigenvalue weighted by Crippen LogP contribution is 2.42. The Morgan fingerprint density at radius 1 is 1.26 bits per heavy atom. The number of nitrogens with one attached hydrogen (secondary N) is 2. The van der Waals surface area contributed by atoms with Crippen LogP contribution in [0.15, 0.2) is 42.1 Å². The van der Waals surface area contributed by atoms with Crippen LogP contribution in [-0.4, -0.2) is 37.2 Å². The first-order valence-electron chi connectivity index (χ1n) is 13.4. The van der Waals surface area contributed by atoms with Crippen LogP contribution in [0.5, 0.6) is 0 Å². The average Bonchev–Trinajstić information content (AvgIpc) is 3.27. The van der Waals surface area contributed by atoms with Crippen LogP contribution < -0.4 is 10.2 Å². The third-order valence-corrected chi connectivity index (χ3v) is 7.94. The van der Waals surface area contributed by atoms with Crippen LogP contribution in [0.1, 0.15) is 78.3 Å². The number of amides is 1. The van der Waals surface area contributed by atoms with Crippen LogP contribution in [0.25, 0.3) is 16.5 Å². The van der Waals surface area contributed by atoms with Crippen molar-refractivity contribution in [2.75, 3.05) is 25.1 Å². The van der Waals surface area contributed by atoms with Crippen LogP contribution in [-0.2, 0) is 9.53 Å². The molecule has 2 aliphatic rings. The molecule has 190 valence electrons. The van der Waals surface area contributed by atoms with Crippen LogP contribution in [0.2, 0.25) is 0 Å². The van der Waals surface area contributed by atoms with Gasteiger partial charge in [-0.1, -0.05) is 32.9 Å². The van der Waals surface area contributed by atoms with E-state index >= 15 is 0 Å². The Balaban J connectivity index is 1.57. The van der Waals surface area contributed by atoms with E-state index in [2.05, 4.69) is 61.9 Å². The number of hydrogen-bond acceptors (Lipinski definition) is 3. The molecule has 2 atom stereocenters. The molecule has 1 heterocycles. The van der Waals surface area contributed by atoms with Gasteiger partial charge in [0.05, 0.1) is 6.10 Å². The molecule has 2 unspecified atom stereocenters. The summed E-state index contributed by atoms with van der Waals surface area (Å²) in [6.45, 7) is 14.6. The zero-order valence-electron chi connectivity index (χ0n) is 22.3. The number of benzene rings is 1. The second-order valence-corrected chi connectivity index (χ2v) is 11.0. The number of H-pyrrole nitrogens is 1. The molecule has 2 aliphatic carbocycles. The first kappa shape index (κ1) is 25.6. The Morgan fingerprint density at radius 2 is 2.06 bits per heavy atom. The molecule has 1 amide bonds. The van der Waals surface area contributed by atoms with Gasteiger partial charge >= 0.3 is 0 Å². The van der Waals surface area contributed by atoms with Crippen molar-refractivity contribution in [3.05, 3.63) is 47.8 Å². The fourth-order valence-corrected chi connectivity index (χ4v) is 5.91. The zero-order chi connectivity index (χ0) is 25.2. The van der Waals surface area contributed by atoms with Gasteiger partial charge in [-0.2, -0.15) is 0 Å². The highest BCUT2D eigenvalue weighted by Gasteiger charge is 2.31. The number of aromatic amines is 1. The number of allylic oxidation sites excluding steroid dienone is 3. The van der Waals surface area contributed by atoms with Gasteiger partial charge in [-0.05, 0) is 87.1 Å². The molecule has 35 heavy (non-hydrogen) atoms. The second kappa shape index (κ2) is 10.6. The molecule has 4 rings (SSSR count). The smallest absolute Gasteiger partial charge is 0.230 e. The maximum absolute atomic E-state index is 13.5. The normalized spacial score (nSPS) is 22.3. The number of aromatic nitrogens is 1. The van der Waals surface area contributed by atoms with Gasteiger partial charge in [0.1, 0.15) is 0 Å². The second-order valence-electron chi connectivity index (χ2n) is 11.0. The lowest BCUT2D eigenvalue weighted by molar-refractivity contribution is -0.125. The summed E-state index contributed by atoms with van der Waals surface area (Å²) >= 11 is 0. The maximum atomic E-state index is 13.5. The van der Waals surface area contributed by atoms with Gasteiger partial charge in [0, 0.05) is 54.1 Å². The van der Waals surface area contributed by atoms with Gasteiger partial charge in [0.25, 0.3) is 0 Å². The number of nitrogens with zero attached hydrogens (tertiary/aromatic N) is 1. The van der Waals surface area contributed by atoms with Crippen molar-refractivity contribution in [1.29, 1.82) is 0 Å². The van der Waals surface area contributed by atoms with Crippen LogP contribution in [0.4, 0.5) is 5.69 Å². The lowest BCUT2D eigenvalue weighted by atomic mass is 9.75. The first-order valence-corrected chi connectivity index (χ1v) is 13.4. The Morgan fingerprint density at radius 3 is 2.77 bits per heavy atom. The molecule has 5 nitrogen and oxygen atoms in total. The third kappa shape index (κ3) is 5.50. The van der Waals surface area contributed by atoms with Gasteiger partial charge in [-0.15, -0.1) is 0 Å². The molecule has 1 aromatic carbocycles. The third-order valence-electron chi connectivity index (χ3n) is 7.94. The van der Waals surface area contributed by atoms with Crippen molar-refractivity contribution in [1.82, 2.24) is 10.3 Å². The van der Waals surface area contributed by atoms with E-state index in [0.717, 1.165) is 72.8 Å². The number of carbonyl (C=O) groups is 1. The summed E-state index contributed by atoms with van der Waals surface area (Å²) in [5, 5.41) is 4.58. The van der Waals surface area contributed by atoms with E-state index < -0.39 is 0 Å². The highest BCUT2D eigenvalue weighted by atomic mass is 16.5. The van der Waals surface area contributed by atoms with Crippen LogP contribution in [0.3, 0.4) is 0 Å². The Kier molecular flexibility index (Phi) is 7.75. The minimum Gasteiger partial charge on any atom is -0.391 e. The maximum Gasteiger partial charge on any atom is 0.230 e. The van der Waals surface area contributed by atoms with Crippen molar-refractivity contribution < 1.29 is 9.53 Å². The summed E-state index contributed by atoms with van der Waals surface area (Å²) in [4.78, 5) is 19.0. The van der Waals surface area contributed by atoms with Crippen molar-refractivity contribution in [2.24, 2.45) is 11.3 Å². The van der Waals surface area contributed by atoms with Gasteiger partial charge in [0.2, 0.25) is 5.91 Å². The summed E-state index contributed by atoms with van der Waals surface area (Å²) < 4.78 is 5.85. The molecule has 0 radical (unpaired) electrons. The lowest BCUT2D eigenvalue weighted by Gasteiger charge is -2.33. The molecular weight excluding hydrogens is 434 g/mol. The van der Waals surface area contributed by atoms with E-state index in [9.17, 15) is 4.79 Å². The van der Waals surface area contributed by atoms with Crippen molar-refractivity contribution in [3.8, 4) is 0 Å².